The number of hydrogen-bond donors (Lipinski definition) is 3. The number of rotatable bonds is 7. The lowest BCUT2D eigenvalue weighted by molar-refractivity contribution is -0.116. The predicted molar refractivity (Wildman–Crippen MR) is 83.3 cm³/mol. The number of carbonyl (C=O) groups is 1. The summed E-state index contributed by atoms with van der Waals surface area (Å²) in [4.78, 5) is 12.9. The lowest BCUT2D eigenvalue weighted by Gasteiger charge is -2.27. The monoisotopic (exact) mass is 314 g/mol. The Morgan fingerprint density at radius 1 is 1.38 bits per heavy atom. The van der Waals surface area contributed by atoms with Gasteiger partial charge in [0.25, 0.3) is 0 Å². The van der Waals surface area contributed by atoms with Crippen LogP contribution in [0.5, 0.6) is 0 Å². The molecule has 0 heterocycles. The van der Waals surface area contributed by atoms with Crippen molar-refractivity contribution in [1.29, 1.82) is 0 Å². The van der Waals surface area contributed by atoms with Gasteiger partial charge in [-0.15, -0.1) is 0 Å². The van der Waals surface area contributed by atoms with Crippen LogP contribution in [-0.2, 0) is 14.8 Å². The number of benzene rings is 1. The van der Waals surface area contributed by atoms with Crippen LogP contribution in [0, 0.1) is 5.92 Å². The van der Waals surface area contributed by atoms with E-state index in [4.69, 9.17) is 11.5 Å². The van der Waals surface area contributed by atoms with E-state index in [-0.39, 0.29) is 17.4 Å². The Morgan fingerprint density at radius 2 is 2.00 bits per heavy atom. The van der Waals surface area contributed by atoms with Crippen LogP contribution in [0.4, 0.5) is 11.4 Å². The molecule has 0 aliphatic rings. The van der Waals surface area contributed by atoms with Crippen LogP contribution in [0.2, 0.25) is 0 Å². The molecule has 118 valence electrons. The van der Waals surface area contributed by atoms with Crippen molar-refractivity contribution in [2.45, 2.75) is 18.7 Å². The molecule has 5 N–H and O–H groups in total. The van der Waals surface area contributed by atoms with Crippen LogP contribution in [0.15, 0.2) is 23.1 Å². The Bertz CT molecular complexity index is 614. The normalized spacial score (nSPS) is 11.6. The molecule has 0 saturated heterocycles. The van der Waals surface area contributed by atoms with Gasteiger partial charge >= 0.3 is 0 Å². The van der Waals surface area contributed by atoms with Gasteiger partial charge in [-0.1, -0.05) is 13.8 Å². The number of nitrogens with two attached hydrogens (primary N) is 2. The van der Waals surface area contributed by atoms with E-state index in [2.05, 4.69) is 4.72 Å². The number of nitrogens with zero attached hydrogens (tertiary/aromatic N) is 1. The lowest BCUT2D eigenvalue weighted by Crippen LogP contribution is -2.37. The summed E-state index contributed by atoms with van der Waals surface area (Å²) in [7, 11) is -2.37. The van der Waals surface area contributed by atoms with E-state index in [9.17, 15) is 13.2 Å². The van der Waals surface area contributed by atoms with Gasteiger partial charge in [-0.3, -0.25) is 4.79 Å². The molecule has 0 radical (unpaired) electrons. The standard InChI is InChI=1S/C13H22N4O3S/c1-9(2)7-17(8-13(15)18)11-5-4-10(14)6-12(11)21(19,20)16-3/h4-6,9,16H,7-8,14H2,1-3H3,(H2,15,18). The lowest BCUT2D eigenvalue weighted by atomic mass is 10.1. The average molecular weight is 314 g/mol. The minimum Gasteiger partial charge on any atom is -0.399 e. The molecule has 1 aromatic carbocycles. The zero-order valence-corrected chi connectivity index (χ0v) is 13.3. The number of amides is 1. The highest BCUT2D eigenvalue weighted by molar-refractivity contribution is 7.89. The van der Waals surface area contributed by atoms with Gasteiger partial charge in [-0.05, 0) is 31.2 Å². The van der Waals surface area contributed by atoms with Crippen molar-refractivity contribution in [3.63, 3.8) is 0 Å². The Kier molecular flexibility index (Phi) is 5.56. The summed E-state index contributed by atoms with van der Waals surface area (Å²) < 4.78 is 26.5. The first kappa shape index (κ1) is 17.3. The number of nitrogens with one attached hydrogen (secondary N) is 1. The van der Waals surface area contributed by atoms with Crippen molar-refractivity contribution >= 4 is 27.3 Å². The molecular formula is C13H22N4O3S. The molecule has 1 amide bonds. The van der Waals surface area contributed by atoms with Crippen molar-refractivity contribution in [1.82, 2.24) is 4.72 Å². The van der Waals surface area contributed by atoms with Gasteiger partial charge in [-0.2, -0.15) is 0 Å². The molecule has 7 nitrogen and oxygen atoms in total. The summed E-state index contributed by atoms with van der Waals surface area (Å²) in [6, 6.07) is 4.55. The summed E-state index contributed by atoms with van der Waals surface area (Å²) in [6.45, 7) is 4.38. The highest BCUT2D eigenvalue weighted by Crippen LogP contribution is 2.28. The summed E-state index contributed by atoms with van der Waals surface area (Å²) >= 11 is 0. The summed E-state index contributed by atoms with van der Waals surface area (Å²) in [5.41, 5.74) is 11.7. The van der Waals surface area contributed by atoms with Crippen molar-refractivity contribution in [2.75, 3.05) is 30.8 Å². The fourth-order valence-corrected chi connectivity index (χ4v) is 2.98. The number of sulfonamides is 1. The molecular weight excluding hydrogens is 292 g/mol. The maximum absolute atomic E-state index is 12.1. The van der Waals surface area contributed by atoms with Crippen molar-refractivity contribution in [2.24, 2.45) is 11.7 Å². The van der Waals surface area contributed by atoms with Crippen LogP contribution in [0.1, 0.15) is 13.8 Å². The number of anilines is 2. The summed E-state index contributed by atoms with van der Waals surface area (Å²) in [6.07, 6.45) is 0. The third-order valence-corrected chi connectivity index (χ3v) is 4.26. The topological polar surface area (TPSA) is 119 Å². The Hall–Kier alpha value is -1.80. The third-order valence-electron chi connectivity index (χ3n) is 2.82. The predicted octanol–water partition coefficient (Wildman–Crippen LogP) is 0.125. The van der Waals surface area contributed by atoms with E-state index in [1.165, 1.54) is 13.1 Å². The van der Waals surface area contributed by atoms with E-state index in [0.29, 0.717) is 17.9 Å². The maximum Gasteiger partial charge on any atom is 0.242 e. The zero-order valence-electron chi connectivity index (χ0n) is 12.5. The first-order chi connectivity index (χ1) is 9.67. The smallest absolute Gasteiger partial charge is 0.242 e. The number of carbonyl (C=O) groups excluding carboxylic acids is 1. The Morgan fingerprint density at radius 3 is 2.48 bits per heavy atom. The van der Waals surface area contributed by atoms with Gasteiger partial charge < -0.3 is 16.4 Å². The third kappa shape index (κ3) is 4.61. The molecule has 1 rings (SSSR count). The first-order valence-electron chi connectivity index (χ1n) is 6.53. The molecule has 0 fully saturated rings. The zero-order chi connectivity index (χ0) is 16.2. The van der Waals surface area contributed by atoms with Crippen LogP contribution in [-0.4, -0.2) is 34.5 Å². The largest absolute Gasteiger partial charge is 0.399 e. The van der Waals surface area contributed by atoms with Crippen LogP contribution < -0.4 is 21.1 Å². The second kappa shape index (κ2) is 6.77. The van der Waals surface area contributed by atoms with Crippen LogP contribution >= 0.6 is 0 Å². The Balaban J connectivity index is 3.40. The van der Waals surface area contributed by atoms with Crippen molar-refractivity contribution < 1.29 is 13.2 Å². The quantitative estimate of drug-likeness (QED) is 0.618. The fourth-order valence-electron chi connectivity index (χ4n) is 1.99. The number of nitrogen functional groups attached to an aromatic ring is 1. The molecule has 0 unspecified atom stereocenters. The summed E-state index contributed by atoms with van der Waals surface area (Å²) in [5, 5.41) is 0. The second-order valence-corrected chi connectivity index (χ2v) is 7.03. The molecule has 0 aliphatic carbocycles. The molecule has 0 saturated carbocycles. The van der Waals surface area contributed by atoms with E-state index < -0.39 is 15.9 Å². The Labute approximate surface area is 125 Å². The van der Waals surface area contributed by atoms with Gasteiger partial charge in [0, 0.05) is 12.2 Å². The van der Waals surface area contributed by atoms with E-state index in [0.717, 1.165) is 0 Å². The minimum absolute atomic E-state index is 0.0342. The molecule has 0 aromatic heterocycles. The maximum atomic E-state index is 12.1. The van der Waals surface area contributed by atoms with E-state index >= 15 is 0 Å². The van der Waals surface area contributed by atoms with Gasteiger partial charge in [-0.25, -0.2) is 13.1 Å². The molecule has 21 heavy (non-hydrogen) atoms. The molecule has 0 atom stereocenters. The molecule has 1 aromatic rings. The first-order valence-corrected chi connectivity index (χ1v) is 8.02. The van der Waals surface area contributed by atoms with Crippen LogP contribution in [0.25, 0.3) is 0 Å². The molecule has 0 aliphatic heterocycles. The van der Waals surface area contributed by atoms with Crippen LogP contribution in [0.3, 0.4) is 0 Å². The molecule has 0 spiro atoms. The minimum atomic E-state index is -3.69. The van der Waals surface area contributed by atoms with Crippen molar-refractivity contribution in [3.05, 3.63) is 18.2 Å². The fraction of sp³-hybridized carbons (Fsp3) is 0.462. The SMILES string of the molecule is CNS(=O)(=O)c1cc(N)ccc1N(CC(N)=O)CC(C)C. The molecule has 0 bridgehead atoms. The highest BCUT2D eigenvalue weighted by Gasteiger charge is 2.22. The van der Waals surface area contributed by atoms with E-state index in [1.54, 1.807) is 17.0 Å². The van der Waals surface area contributed by atoms with Gasteiger partial charge in [0.2, 0.25) is 15.9 Å². The van der Waals surface area contributed by atoms with Crippen molar-refractivity contribution in [3.8, 4) is 0 Å². The molecule has 8 heteroatoms. The van der Waals surface area contributed by atoms with Gasteiger partial charge in [0.15, 0.2) is 0 Å². The second-order valence-electron chi connectivity index (χ2n) is 5.18. The van der Waals surface area contributed by atoms with Gasteiger partial charge in [0.05, 0.1) is 12.2 Å². The van der Waals surface area contributed by atoms with Gasteiger partial charge in [0.1, 0.15) is 4.90 Å². The average Bonchev–Trinajstić information content (AvgIpc) is 2.36. The summed E-state index contributed by atoms with van der Waals surface area (Å²) in [5.74, 6) is -0.299. The van der Waals surface area contributed by atoms with E-state index in [1.807, 2.05) is 13.8 Å². The highest BCUT2D eigenvalue weighted by atomic mass is 32.2. The number of primary amides is 1. The number of hydrogen-bond acceptors (Lipinski definition) is 5.